The van der Waals surface area contributed by atoms with Crippen molar-refractivity contribution >= 4 is 10.0 Å². The maximum absolute atomic E-state index is 12.5. The van der Waals surface area contributed by atoms with E-state index in [-0.39, 0.29) is 10.4 Å². The van der Waals surface area contributed by atoms with E-state index in [0.29, 0.717) is 25.5 Å². The Morgan fingerprint density at radius 1 is 1.27 bits per heavy atom. The molecule has 0 bridgehead atoms. The van der Waals surface area contributed by atoms with Gasteiger partial charge in [0.25, 0.3) is 0 Å². The molecule has 0 saturated carbocycles. The molecule has 124 valence electrons. The van der Waals surface area contributed by atoms with Crippen LogP contribution >= 0.6 is 0 Å². The molecule has 0 aromatic heterocycles. The standard InChI is InChI=1S/C15H24N2O4S/c1-15(2,17-8-10-21-11-9-17)12-16-22(18,19)14-7-5-4-6-13(14)20-3/h4-7,16H,8-12H2,1-3H3. The smallest absolute Gasteiger partial charge is 0.244 e. The van der Waals surface area contributed by atoms with Gasteiger partial charge in [0.1, 0.15) is 10.6 Å². The molecule has 1 heterocycles. The monoisotopic (exact) mass is 328 g/mol. The molecule has 0 spiro atoms. The molecule has 6 nitrogen and oxygen atoms in total. The van der Waals surface area contributed by atoms with Crippen molar-refractivity contribution in [3.05, 3.63) is 24.3 Å². The van der Waals surface area contributed by atoms with Crippen LogP contribution in [0.5, 0.6) is 5.75 Å². The Bertz CT molecular complexity index is 595. The average Bonchev–Trinajstić information content (AvgIpc) is 2.54. The van der Waals surface area contributed by atoms with Crippen LogP contribution in [0.25, 0.3) is 0 Å². The lowest BCUT2D eigenvalue weighted by Crippen LogP contribution is -2.55. The number of ether oxygens (including phenoxy) is 2. The molecule has 1 aliphatic rings. The predicted octanol–water partition coefficient (Wildman–Crippen LogP) is 1.08. The Balaban J connectivity index is 2.08. The molecule has 1 fully saturated rings. The van der Waals surface area contributed by atoms with Crippen molar-refractivity contribution in [2.75, 3.05) is 40.0 Å². The van der Waals surface area contributed by atoms with Crippen molar-refractivity contribution in [3.63, 3.8) is 0 Å². The van der Waals surface area contributed by atoms with Gasteiger partial charge in [0.05, 0.1) is 20.3 Å². The number of hydrogen-bond acceptors (Lipinski definition) is 5. The molecule has 0 atom stereocenters. The lowest BCUT2D eigenvalue weighted by Gasteiger charge is -2.40. The summed E-state index contributed by atoms with van der Waals surface area (Å²) in [5.41, 5.74) is -0.279. The van der Waals surface area contributed by atoms with Crippen molar-refractivity contribution in [3.8, 4) is 5.75 Å². The van der Waals surface area contributed by atoms with Crippen LogP contribution in [-0.4, -0.2) is 58.8 Å². The second-order valence-electron chi connectivity index (χ2n) is 5.89. The average molecular weight is 328 g/mol. The van der Waals surface area contributed by atoms with Gasteiger partial charge in [-0.3, -0.25) is 4.90 Å². The highest BCUT2D eigenvalue weighted by Gasteiger charge is 2.30. The summed E-state index contributed by atoms with van der Waals surface area (Å²) >= 11 is 0. The third kappa shape index (κ3) is 3.98. The van der Waals surface area contributed by atoms with E-state index in [1.54, 1.807) is 24.3 Å². The fourth-order valence-corrected chi connectivity index (χ4v) is 3.84. The Morgan fingerprint density at radius 2 is 1.91 bits per heavy atom. The summed E-state index contributed by atoms with van der Waals surface area (Å²) in [5.74, 6) is 0.346. The van der Waals surface area contributed by atoms with Crippen LogP contribution in [-0.2, 0) is 14.8 Å². The van der Waals surface area contributed by atoms with E-state index in [1.807, 2.05) is 13.8 Å². The quantitative estimate of drug-likeness (QED) is 0.846. The van der Waals surface area contributed by atoms with Crippen LogP contribution in [0.1, 0.15) is 13.8 Å². The van der Waals surface area contributed by atoms with Gasteiger partial charge in [-0.1, -0.05) is 12.1 Å². The van der Waals surface area contributed by atoms with E-state index in [9.17, 15) is 8.42 Å². The van der Waals surface area contributed by atoms with Gasteiger partial charge in [0, 0.05) is 25.2 Å². The Hall–Kier alpha value is -1.15. The summed E-state index contributed by atoms with van der Waals surface area (Å²) in [5, 5.41) is 0. The second kappa shape index (κ2) is 6.95. The molecule has 0 amide bonds. The summed E-state index contributed by atoms with van der Waals surface area (Å²) in [6.07, 6.45) is 0. The van der Waals surface area contributed by atoms with Gasteiger partial charge in [-0.05, 0) is 26.0 Å². The molecule has 1 aliphatic heterocycles. The van der Waals surface area contributed by atoms with E-state index < -0.39 is 10.0 Å². The third-order valence-electron chi connectivity index (χ3n) is 3.92. The molecule has 0 unspecified atom stereocenters. The number of rotatable bonds is 6. The minimum absolute atomic E-state index is 0.162. The van der Waals surface area contributed by atoms with Crippen LogP contribution < -0.4 is 9.46 Å². The Labute approximate surface area is 132 Å². The Morgan fingerprint density at radius 3 is 2.55 bits per heavy atom. The van der Waals surface area contributed by atoms with Gasteiger partial charge in [0.2, 0.25) is 10.0 Å². The number of sulfonamides is 1. The minimum Gasteiger partial charge on any atom is -0.495 e. The highest BCUT2D eigenvalue weighted by molar-refractivity contribution is 7.89. The number of methoxy groups -OCH3 is 1. The predicted molar refractivity (Wildman–Crippen MR) is 84.7 cm³/mol. The zero-order valence-corrected chi connectivity index (χ0v) is 14.1. The number of benzene rings is 1. The van der Waals surface area contributed by atoms with Gasteiger partial charge in [0.15, 0.2) is 0 Å². The van der Waals surface area contributed by atoms with E-state index in [2.05, 4.69) is 9.62 Å². The molecule has 22 heavy (non-hydrogen) atoms. The summed E-state index contributed by atoms with van der Waals surface area (Å²) in [6.45, 7) is 7.37. The van der Waals surface area contributed by atoms with E-state index in [1.165, 1.54) is 7.11 Å². The maximum Gasteiger partial charge on any atom is 0.244 e. The van der Waals surface area contributed by atoms with Crippen LogP contribution in [0.3, 0.4) is 0 Å². The summed E-state index contributed by atoms with van der Waals surface area (Å²) in [7, 11) is -2.14. The molecule has 7 heteroatoms. The summed E-state index contributed by atoms with van der Waals surface area (Å²) in [4.78, 5) is 2.40. The van der Waals surface area contributed by atoms with Crippen molar-refractivity contribution in [1.82, 2.24) is 9.62 Å². The highest BCUT2D eigenvalue weighted by atomic mass is 32.2. The minimum atomic E-state index is -3.61. The molecule has 1 aromatic rings. The van der Waals surface area contributed by atoms with Crippen molar-refractivity contribution < 1.29 is 17.9 Å². The fourth-order valence-electron chi connectivity index (χ4n) is 2.47. The van der Waals surface area contributed by atoms with Crippen LogP contribution in [0.2, 0.25) is 0 Å². The first-order valence-electron chi connectivity index (χ1n) is 7.32. The number of para-hydroxylation sites is 1. The van der Waals surface area contributed by atoms with Gasteiger partial charge in [-0.25, -0.2) is 13.1 Å². The number of nitrogens with one attached hydrogen (secondary N) is 1. The lowest BCUT2D eigenvalue weighted by atomic mass is 10.0. The first kappa shape index (κ1) is 17.2. The Kier molecular flexibility index (Phi) is 5.44. The first-order chi connectivity index (χ1) is 10.4. The molecule has 1 saturated heterocycles. The summed E-state index contributed by atoms with van der Waals surface area (Å²) < 4.78 is 38.2. The van der Waals surface area contributed by atoms with E-state index >= 15 is 0 Å². The first-order valence-corrected chi connectivity index (χ1v) is 8.80. The molecular formula is C15H24N2O4S. The molecule has 0 aliphatic carbocycles. The molecular weight excluding hydrogens is 304 g/mol. The van der Waals surface area contributed by atoms with Gasteiger partial charge < -0.3 is 9.47 Å². The highest BCUT2D eigenvalue weighted by Crippen LogP contribution is 2.23. The largest absolute Gasteiger partial charge is 0.495 e. The third-order valence-corrected chi connectivity index (χ3v) is 5.36. The van der Waals surface area contributed by atoms with Crippen molar-refractivity contribution in [2.45, 2.75) is 24.3 Å². The zero-order chi connectivity index (χ0) is 16.2. The summed E-state index contributed by atoms with van der Waals surface area (Å²) in [6, 6.07) is 6.62. The molecule has 1 N–H and O–H groups in total. The van der Waals surface area contributed by atoms with Gasteiger partial charge >= 0.3 is 0 Å². The van der Waals surface area contributed by atoms with Crippen molar-refractivity contribution in [2.24, 2.45) is 0 Å². The van der Waals surface area contributed by atoms with Crippen molar-refractivity contribution in [1.29, 1.82) is 0 Å². The molecule has 2 rings (SSSR count). The molecule has 0 radical (unpaired) electrons. The van der Waals surface area contributed by atoms with E-state index in [4.69, 9.17) is 9.47 Å². The van der Waals surface area contributed by atoms with Crippen LogP contribution in [0.4, 0.5) is 0 Å². The van der Waals surface area contributed by atoms with Crippen LogP contribution in [0, 0.1) is 0 Å². The SMILES string of the molecule is COc1ccccc1S(=O)(=O)NCC(C)(C)N1CCOCC1. The van der Waals surface area contributed by atoms with Gasteiger partial charge in [-0.2, -0.15) is 0 Å². The molecule has 1 aromatic carbocycles. The normalized spacial score (nSPS) is 17.4. The number of morpholine rings is 1. The van der Waals surface area contributed by atoms with Gasteiger partial charge in [-0.15, -0.1) is 0 Å². The van der Waals surface area contributed by atoms with E-state index in [0.717, 1.165) is 13.1 Å². The zero-order valence-electron chi connectivity index (χ0n) is 13.3. The topological polar surface area (TPSA) is 67.9 Å². The second-order valence-corrected chi connectivity index (χ2v) is 7.62. The maximum atomic E-state index is 12.5. The number of hydrogen-bond donors (Lipinski definition) is 1. The lowest BCUT2D eigenvalue weighted by molar-refractivity contribution is -0.00803. The number of nitrogens with zero attached hydrogens (tertiary/aromatic N) is 1. The fraction of sp³-hybridized carbons (Fsp3) is 0.600. The van der Waals surface area contributed by atoms with Crippen LogP contribution in [0.15, 0.2) is 29.2 Å².